The first kappa shape index (κ1) is 27.9. The molecule has 4 bridgehead atoms. The molecule has 208 valence electrons. The summed E-state index contributed by atoms with van der Waals surface area (Å²) in [7, 11) is 0. The number of unbranched alkanes of at least 4 members (excludes halogenated alkanes) is 1. The SMILES string of the molecule is Cl.O=C(CC12CC3CC(CC(C3)C1)C2)N1CCC(CNCCCCNCc2cccc3ccccc23)CC1. The van der Waals surface area contributed by atoms with Gasteiger partial charge in [0.25, 0.3) is 0 Å². The molecule has 1 aliphatic heterocycles. The zero-order valence-electron chi connectivity index (χ0n) is 23.1. The minimum Gasteiger partial charge on any atom is -0.343 e. The molecule has 0 atom stereocenters. The van der Waals surface area contributed by atoms with Gasteiger partial charge in [-0.3, -0.25) is 4.79 Å². The van der Waals surface area contributed by atoms with Crippen LogP contribution in [0.3, 0.4) is 0 Å². The van der Waals surface area contributed by atoms with Crippen LogP contribution in [-0.2, 0) is 11.3 Å². The number of amides is 1. The number of benzene rings is 2. The van der Waals surface area contributed by atoms with E-state index in [-0.39, 0.29) is 12.4 Å². The molecule has 5 fully saturated rings. The highest BCUT2D eigenvalue weighted by Gasteiger charge is 2.51. The maximum atomic E-state index is 13.2. The normalized spacial score (nSPS) is 28.5. The van der Waals surface area contributed by atoms with Crippen LogP contribution in [0.25, 0.3) is 10.8 Å². The van der Waals surface area contributed by atoms with Crippen molar-refractivity contribution in [2.45, 2.75) is 77.2 Å². The van der Waals surface area contributed by atoms with Gasteiger partial charge in [0, 0.05) is 26.1 Å². The minimum atomic E-state index is 0. The van der Waals surface area contributed by atoms with E-state index < -0.39 is 0 Å². The molecule has 4 aliphatic carbocycles. The zero-order chi connectivity index (χ0) is 25.1. The smallest absolute Gasteiger partial charge is 0.223 e. The Bertz CT molecular complexity index is 1020. The first-order chi connectivity index (χ1) is 18.2. The number of nitrogens with zero attached hydrogens (tertiary/aromatic N) is 1. The van der Waals surface area contributed by atoms with Crippen LogP contribution in [0, 0.1) is 29.1 Å². The molecular formula is C33H48ClN3O. The van der Waals surface area contributed by atoms with Gasteiger partial charge in [-0.25, -0.2) is 0 Å². The first-order valence-electron chi connectivity index (χ1n) is 15.3. The van der Waals surface area contributed by atoms with Crippen LogP contribution in [0.4, 0.5) is 0 Å². The summed E-state index contributed by atoms with van der Waals surface area (Å²) < 4.78 is 0. The number of hydrogen-bond acceptors (Lipinski definition) is 3. The Morgan fingerprint density at radius 3 is 2.18 bits per heavy atom. The lowest BCUT2D eigenvalue weighted by atomic mass is 9.49. The van der Waals surface area contributed by atoms with E-state index in [0.29, 0.717) is 11.3 Å². The third-order valence-corrected chi connectivity index (χ3v) is 10.2. The van der Waals surface area contributed by atoms with Crippen molar-refractivity contribution in [3.63, 3.8) is 0 Å². The van der Waals surface area contributed by atoms with E-state index in [1.807, 2.05) is 0 Å². The summed E-state index contributed by atoms with van der Waals surface area (Å²) in [5, 5.41) is 10.0. The van der Waals surface area contributed by atoms with Crippen LogP contribution >= 0.6 is 12.4 Å². The number of carbonyl (C=O) groups excluding carboxylic acids is 1. The van der Waals surface area contributed by atoms with Crippen molar-refractivity contribution in [2.24, 2.45) is 29.1 Å². The van der Waals surface area contributed by atoms with E-state index in [1.165, 1.54) is 80.5 Å². The number of rotatable bonds is 11. The molecule has 5 heteroatoms. The summed E-state index contributed by atoms with van der Waals surface area (Å²) in [6.07, 6.45) is 14.1. The zero-order valence-corrected chi connectivity index (χ0v) is 24.0. The molecule has 0 radical (unpaired) electrons. The van der Waals surface area contributed by atoms with Crippen molar-refractivity contribution in [2.75, 3.05) is 32.7 Å². The topological polar surface area (TPSA) is 44.4 Å². The molecule has 2 aromatic rings. The predicted octanol–water partition coefficient (Wildman–Crippen LogP) is 6.57. The third-order valence-electron chi connectivity index (χ3n) is 10.2. The number of halogens is 1. The molecule has 38 heavy (non-hydrogen) atoms. The van der Waals surface area contributed by atoms with Crippen LogP contribution in [-0.4, -0.2) is 43.5 Å². The highest BCUT2D eigenvalue weighted by Crippen LogP contribution is 2.61. The average Bonchev–Trinajstić information content (AvgIpc) is 2.89. The van der Waals surface area contributed by atoms with Crippen molar-refractivity contribution < 1.29 is 4.79 Å². The second-order valence-corrected chi connectivity index (χ2v) is 13.1. The Morgan fingerprint density at radius 2 is 1.47 bits per heavy atom. The summed E-state index contributed by atoms with van der Waals surface area (Å²) in [5.41, 5.74) is 1.77. The monoisotopic (exact) mass is 537 g/mol. The molecule has 1 amide bonds. The quantitative estimate of drug-likeness (QED) is 0.319. The van der Waals surface area contributed by atoms with Crippen LogP contribution in [0.15, 0.2) is 42.5 Å². The van der Waals surface area contributed by atoms with Crippen molar-refractivity contribution in [3.05, 3.63) is 48.0 Å². The molecule has 2 N–H and O–H groups in total. The van der Waals surface area contributed by atoms with Gasteiger partial charge in [0.1, 0.15) is 0 Å². The van der Waals surface area contributed by atoms with Crippen molar-refractivity contribution in [1.29, 1.82) is 0 Å². The lowest BCUT2D eigenvalue weighted by Gasteiger charge is -2.57. The van der Waals surface area contributed by atoms with E-state index >= 15 is 0 Å². The standard InChI is InChI=1S/C33H47N3O.ClH/c37-32(22-33-19-26-16-27(20-33)18-28(17-26)21-33)36-14-10-25(11-15-36)23-34-12-3-4-13-35-24-30-8-5-7-29-6-1-2-9-31(29)30;/h1-2,5-9,25-28,34-35H,3-4,10-24H2;1H. The van der Waals surface area contributed by atoms with Gasteiger partial charge in [0.2, 0.25) is 5.91 Å². The molecule has 5 aliphatic rings. The Morgan fingerprint density at radius 1 is 0.842 bits per heavy atom. The fraction of sp³-hybridized carbons (Fsp3) is 0.667. The largest absolute Gasteiger partial charge is 0.343 e. The van der Waals surface area contributed by atoms with Gasteiger partial charge in [-0.15, -0.1) is 12.4 Å². The summed E-state index contributed by atoms with van der Waals surface area (Å²) in [4.78, 5) is 15.5. The van der Waals surface area contributed by atoms with Crippen LogP contribution in [0.2, 0.25) is 0 Å². The summed E-state index contributed by atoms with van der Waals surface area (Å²) in [6, 6.07) is 15.2. The van der Waals surface area contributed by atoms with Gasteiger partial charge < -0.3 is 15.5 Å². The number of nitrogens with one attached hydrogen (secondary N) is 2. The lowest BCUT2D eigenvalue weighted by molar-refractivity contribution is -0.140. The lowest BCUT2D eigenvalue weighted by Crippen LogP contribution is -2.49. The van der Waals surface area contributed by atoms with Gasteiger partial charge in [-0.2, -0.15) is 0 Å². The Kier molecular flexibility index (Phi) is 9.33. The third kappa shape index (κ3) is 6.57. The molecule has 0 unspecified atom stereocenters. The highest BCUT2D eigenvalue weighted by molar-refractivity contribution is 5.86. The number of piperidine rings is 1. The maximum absolute atomic E-state index is 13.2. The second kappa shape index (κ2) is 12.7. The molecule has 0 spiro atoms. The molecule has 0 aromatic heterocycles. The van der Waals surface area contributed by atoms with Gasteiger partial charge in [0.05, 0.1) is 0 Å². The highest BCUT2D eigenvalue weighted by atomic mass is 35.5. The minimum absolute atomic E-state index is 0. The van der Waals surface area contributed by atoms with Crippen LogP contribution < -0.4 is 10.6 Å². The summed E-state index contributed by atoms with van der Waals surface area (Å²) in [6.45, 7) is 6.18. The summed E-state index contributed by atoms with van der Waals surface area (Å²) >= 11 is 0. The van der Waals surface area contributed by atoms with Gasteiger partial charge >= 0.3 is 0 Å². The fourth-order valence-electron chi connectivity index (χ4n) is 8.80. The predicted molar refractivity (Wildman–Crippen MR) is 160 cm³/mol. The van der Waals surface area contributed by atoms with E-state index in [0.717, 1.165) is 69.4 Å². The summed E-state index contributed by atoms with van der Waals surface area (Å²) in [5.74, 6) is 4.03. The molecule has 2 aromatic carbocycles. The van der Waals surface area contributed by atoms with Gasteiger partial charge in [0.15, 0.2) is 0 Å². The Hall–Kier alpha value is -1.62. The van der Waals surface area contributed by atoms with Crippen molar-refractivity contribution in [3.8, 4) is 0 Å². The first-order valence-corrected chi connectivity index (χ1v) is 15.3. The number of fused-ring (bicyclic) bond motifs is 1. The fourth-order valence-corrected chi connectivity index (χ4v) is 8.80. The molecule has 7 rings (SSSR count). The Labute approximate surface area is 236 Å². The average molecular weight is 538 g/mol. The van der Waals surface area contributed by atoms with E-state index in [9.17, 15) is 4.79 Å². The molecule has 4 nitrogen and oxygen atoms in total. The number of likely N-dealkylation sites (tertiary alicyclic amines) is 1. The Balaban J connectivity index is 0.00000294. The molecule has 1 saturated heterocycles. The van der Waals surface area contributed by atoms with Crippen LogP contribution in [0.1, 0.15) is 76.2 Å². The molecule has 4 saturated carbocycles. The van der Waals surface area contributed by atoms with Gasteiger partial charge in [-0.1, -0.05) is 42.5 Å². The van der Waals surface area contributed by atoms with Crippen molar-refractivity contribution >= 4 is 29.1 Å². The second-order valence-electron chi connectivity index (χ2n) is 13.1. The maximum Gasteiger partial charge on any atom is 0.223 e. The van der Waals surface area contributed by atoms with Crippen molar-refractivity contribution in [1.82, 2.24) is 15.5 Å². The van der Waals surface area contributed by atoms with E-state index in [2.05, 4.69) is 58.0 Å². The van der Waals surface area contributed by atoms with E-state index in [1.54, 1.807) is 0 Å². The van der Waals surface area contributed by atoms with Crippen LogP contribution in [0.5, 0.6) is 0 Å². The molecule has 1 heterocycles. The number of hydrogen-bond donors (Lipinski definition) is 2. The van der Waals surface area contributed by atoms with Gasteiger partial charge in [-0.05, 0) is 129 Å². The van der Waals surface area contributed by atoms with E-state index in [4.69, 9.17) is 0 Å². The number of carbonyl (C=O) groups is 1. The molecular weight excluding hydrogens is 490 g/mol.